The maximum atomic E-state index is 13.2. The van der Waals surface area contributed by atoms with Crippen LogP contribution in [0.5, 0.6) is 5.75 Å². The molecule has 0 saturated carbocycles. The highest BCUT2D eigenvalue weighted by molar-refractivity contribution is 7.93. The fraction of sp³-hybridized carbons (Fsp3) is 0.682. The van der Waals surface area contributed by atoms with Gasteiger partial charge in [0, 0.05) is 0 Å². The molecule has 1 rings (SSSR count). The summed E-state index contributed by atoms with van der Waals surface area (Å²) in [6.07, 6.45) is 6.22. The third-order valence-corrected chi connectivity index (χ3v) is 7.81. The van der Waals surface area contributed by atoms with Gasteiger partial charge in [0.1, 0.15) is 15.9 Å². The van der Waals surface area contributed by atoms with Crippen molar-refractivity contribution in [2.45, 2.75) is 95.1 Å². The molecule has 0 N–H and O–H groups in total. The first-order valence-corrected chi connectivity index (χ1v) is 12.2. The van der Waals surface area contributed by atoms with Gasteiger partial charge in [0.05, 0.1) is 6.61 Å². The molecule has 1 aromatic carbocycles. The SMILES string of the molecule is CCCCCC(C)(C)c1ccc(OCCCC)c(S(=O)(=O)C(CC)C(=O)Cl)c1. The summed E-state index contributed by atoms with van der Waals surface area (Å²) in [5, 5.41) is -2.12. The number of ether oxygens (including phenoxy) is 1. The van der Waals surface area contributed by atoms with E-state index in [0.717, 1.165) is 44.1 Å². The summed E-state index contributed by atoms with van der Waals surface area (Å²) in [6.45, 7) is 10.5. The molecule has 0 bridgehead atoms. The van der Waals surface area contributed by atoms with Gasteiger partial charge < -0.3 is 4.74 Å². The second-order valence-electron chi connectivity index (χ2n) is 7.95. The fourth-order valence-corrected chi connectivity index (χ4v) is 5.41. The Morgan fingerprint density at radius 2 is 1.75 bits per heavy atom. The summed E-state index contributed by atoms with van der Waals surface area (Å²) in [4.78, 5) is 11.8. The van der Waals surface area contributed by atoms with Crippen LogP contribution >= 0.6 is 11.6 Å². The van der Waals surface area contributed by atoms with Gasteiger partial charge in [0.15, 0.2) is 9.84 Å². The lowest BCUT2D eigenvalue weighted by Gasteiger charge is -2.27. The Bertz CT molecular complexity index is 741. The van der Waals surface area contributed by atoms with Gasteiger partial charge in [-0.25, -0.2) is 8.42 Å². The average Bonchev–Trinajstić information content (AvgIpc) is 2.62. The Labute approximate surface area is 175 Å². The number of sulfone groups is 1. The summed E-state index contributed by atoms with van der Waals surface area (Å²) in [5.41, 5.74) is 0.760. The van der Waals surface area contributed by atoms with E-state index in [4.69, 9.17) is 16.3 Å². The number of benzene rings is 1. The minimum Gasteiger partial charge on any atom is -0.492 e. The van der Waals surface area contributed by atoms with Crippen molar-refractivity contribution in [2.24, 2.45) is 0 Å². The lowest BCUT2D eigenvalue weighted by Crippen LogP contribution is -2.28. The van der Waals surface area contributed by atoms with Crippen LogP contribution in [0.2, 0.25) is 0 Å². The van der Waals surface area contributed by atoms with Crippen molar-refractivity contribution in [1.29, 1.82) is 0 Å². The molecule has 0 aliphatic rings. The molecule has 4 nitrogen and oxygen atoms in total. The van der Waals surface area contributed by atoms with Gasteiger partial charge in [-0.2, -0.15) is 0 Å². The Kier molecular flexibility index (Phi) is 9.99. The highest BCUT2D eigenvalue weighted by Crippen LogP contribution is 2.36. The van der Waals surface area contributed by atoms with Gasteiger partial charge in [-0.3, -0.25) is 4.79 Å². The van der Waals surface area contributed by atoms with Crippen molar-refractivity contribution in [3.05, 3.63) is 23.8 Å². The van der Waals surface area contributed by atoms with Crippen molar-refractivity contribution >= 4 is 26.7 Å². The molecule has 0 heterocycles. The highest BCUT2D eigenvalue weighted by atomic mass is 35.5. The smallest absolute Gasteiger partial charge is 0.240 e. The van der Waals surface area contributed by atoms with E-state index < -0.39 is 20.3 Å². The minimum atomic E-state index is -3.93. The van der Waals surface area contributed by atoms with Crippen LogP contribution in [0.4, 0.5) is 0 Å². The molecule has 6 heteroatoms. The number of carbonyl (C=O) groups excluding carboxylic acids is 1. The monoisotopic (exact) mass is 430 g/mol. The van der Waals surface area contributed by atoms with E-state index in [1.165, 1.54) is 0 Å². The Hall–Kier alpha value is -1.07. The van der Waals surface area contributed by atoms with E-state index in [9.17, 15) is 13.2 Å². The average molecular weight is 431 g/mol. The number of carbonyl (C=O) groups is 1. The number of hydrogen-bond acceptors (Lipinski definition) is 4. The Morgan fingerprint density at radius 1 is 1.11 bits per heavy atom. The van der Waals surface area contributed by atoms with Crippen LogP contribution in [0.3, 0.4) is 0 Å². The van der Waals surface area contributed by atoms with Crippen LogP contribution in [-0.2, 0) is 20.0 Å². The van der Waals surface area contributed by atoms with Crippen LogP contribution < -0.4 is 4.74 Å². The van der Waals surface area contributed by atoms with Crippen molar-refractivity contribution in [1.82, 2.24) is 0 Å². The van der Waals surface area contributed by atoms with Crippen molar-refractivity contribution in [3.8, 4) is 5.75 Å². The normalized spacial score (nSPS) is 13.4. The lowest BCUT2D eigenvalue weighted by molar-refractivity contribution is -0.111. The van der Waals surface area contributed by atoms with Crippen molar-refractivity contribution < 1.29 is 17.9 Å². The predicted octanol–water partition coefficient (Wildman–Crippen LogP) is 6.04. The number of hydrogen-bond donors (Lipinski definition) is 0. The molecular formula is C22H35ClO4S. The molecule has 1 atom stereocenters. The molecule has 0 aliphatic carbocycles. The lowest BCUT2D eigenvalue weighted by atomic mass is 9.80. The van der Waals surface area contributed by atoms with E-state index in [1.807, 2.05) is 13.0 Å². The second-order valence-corrected chi connectivity index (χ2v) is 10.4. The Morgan fingerprint density at radius 3 is 2.29 bits per heavy atom. The summed E-state index contributed by atoms with van der Waals surface area (Å²) < 4.78 is 32.2. The molecule has 0 saturated heterocycles. The van der Waals surface area contributed by atoms with E-state index in [0.29, 0.717) is 12.4 Å². The quantitative estimate of drug-likeness (QED) is 0.282. The van der Waals surface area contributed by atoms with Crippen LogP contribution in [0, 0.1) is 0 Å². The molecular weight excluding hydrogens is 396 g/mol. The van der Waals surface area contributed by atoms with Crippen LogP contribution in [-0.4, -0.2) is 25.5 Å². The van der Waals surface area contributed by atoms with Gasteiger partial charge in [-0.1, -0.05) is 66.4 Å². The van der Waals surface area contributed by atoms with Crippen LogP contribution in [0.25, 0.3) is 0 Å². The maximum absolute atomic E-state index is 13.2. The molecule has 0 fully saturated rings. The molecule has 160 valence electrons. The number of rotatable bonds is 13. The summed E-state index contributed by atoms with van der Waals surface area (Å²) >= 11 is 5.61. The zero-order valence-electron chi connectivity index (χ0n) is 17.9. The van der Waals surface area contributed by atoms with E-state index in [-0.39, 0.29) is 16.7 Å². The zero-order valence-corrected chi connectivity index (χ0v) is 19.5. The number of unbranched alkanes of at least 4 members (excludes halogenated alkanes) is 3. The molecule has 28 heavy (non-hydrogen) atoms. The topological polar surface area (TPSA) is 60.4 Å². The highest BCUT2D eigenvalue weighted by Gasteiger charge is 2.35. The van der Waals surface area contributed by atoms with E-state index in [2.05, 4.69) is 20.8 Å². The largest absolute Gasteiger partial charge is 0.492 e. The molecule has 1 aromatic rings. The van der Waals surface area contributed by atoms with Crippen molar-refractivity contribution in [2.75, 3.05) is 6.61 Å². The first kappa shape index (κ1) is 25.0. The van der Waals surface area contributed by atoms with Crippen LogP contribution in [0.1, 0.15) is 85.1 Å². The van der Waals surface area contributed by atoms with E-state index >= 15 is 0 Å². The van der Waals surface area contributed by atoms with Crippen LogP contribution in [0.15, 0.2) is 23.1 Å². The standard InChI is InChI=1S/C22H35ClO4S/c1-6-9-11-14-22(4,5)17-12-13-18(27-15-10-7-2)20(16-17)28(25,26)19(8-3)21(23)24/h12-13,16,19H,6-11,14-15H2,1-5H3. The molecule has 0 radical (unpaired) electrons. The Balaban J connectivity index is 3.40. The maximum Gasteiger partial charge on any atom is 0.240 e. The molecule has 0 spiro atoms. The third-order valence-electron chi connectivity index (χ3n) is 5.19. The predicted molar refractivity (Wildman–Crippen MR) is 116 cm³/mol. The first-order chi connectivity index (χ1) is 13.1. The van der Waals surface area contributed by atoms with E-state index in [1.54, 1.807) is 19.1 Å². The number of halogens is 1. The molecule has 1 unspecified atom stereocenters. The third kappa shape index (κ3) is 6.48. The molecule has 0 aliphatic heterocycles. The van der Waals surface area contributed by atoms with Crippen molar-refractivity contribution in [3.63, 3.8) is 0 Å². The van der Waals surface area contributed by atoms with Gasteiger partial charge >= 0.3 is 0 Å². The van der Waals surface area contributed by atoms with Gasteiger partial charge in [0.2, 0.25) is 5.24 Å². The van der Waals surface area contributed by atoms with Gasteiger partial charge in [0.25, 0.3) is 0 Å². The fourth-order valence-electron chi connectivity index (χ4n) is 3.21. The minimum absolute atomic E-state index is 0.0746. The summed E-state index contributed by atoms with van der Waals surface area (Å²) in [7, 11) is -3.93. The first-order valence-electron chi connectivity index (χ1n) is 10.3. The zero-order chi connectivity index (χ0) is 21.4. The summed E-state index contributed by atoms with van der Waals surface area (Å²) in [6, 6.07) is 5.35. The molecule has 0 aromatic heterocycles. The molecule has 0 amide bonds. The van der Waals surface area contributed by atoms with Gasteiger partial charge in [-0.05, 0) is 54.0 Å². The summed E-state index contributed by atoms with van der Waals surface area (Å²) in [5.74, 6) is 0.304. The second kappa shape index (κ2) is 11.2. The van der Waals surface area contributed by atoms with Gasteiger partial charge in [-0.15, -0.1) is 0 Å².